The maximum atomic E-state index is 13.8. The van der Waals surface area contributed by atoms with Crippen LogP contribution < -0.4 is 15.8 Å². The van der Waals surface area contributed by atoms with Crippen LogP contribution in [0.2, 0.25) is 0 Å². The molecule has 1 unspecified atom stereocenters. The molecule has 2 amide bonds. The van der Waals surface area contributed by atoms with Gasteiger partial charge in [0.25, 0.3) is 11.8 Å². The van der Waals surface area contributed by atoms with Gasteiger partial charge >= 0.3 is 0 Å². The van der Waals surface area contributed by atoms with E-state index in [9.17, 15) is 28.3 Å². The van der Waals surface area contributed by atoms with Crippen molar-refractivity contribution in [3.05, 3.63) is 75.2 Å². The van der Waals surface area contributed by atoms with Crippen molar-refractivity contribution in [2.24, 2.45) is 0 Å². The van der Waals surface area contributed by atoms with E-state index in [-0.39, 0.29) is 30.5 Å². The number of benzene rings is 1. The van der Waals surface area contributed by atoms with E-state index in [2.05, 4.69) is 5.32 Å². The van der Waals surface area contributed by atoms with Gasteiger partial charge in [0.05, 0.1) is 0 Å². The summed E-state index contributed by atoms with van der Waals surface area (Å²) < 4.78 is 28.2. The first-order valence-electron chi connectivity index (χ1n) is 9.70. The summed E-state index contributed by atoms with van der Waals surface area (Å²) in [5.41, 5.74) is -1.57. The van der Waals surface area contributed by atoms with E-state index >= 15 is 0 Å². The molecule has 1 atom stereocenters. The molecule has 2 aliphatic heterocycles. The highest BCUT2D eigenvalue weighted by atomic mass is 19.1. The molecule has 10 heteroatoms. The lowest BCUT2D eigenvalue weighted by Crippen LogP contribution is -2.58. The number of nitrogens with zero attached hydrogens (tertiary/aromatic N) is 3. The number of amides is 2. The normalized spacial score (nSPS) is 18.8. The quantitative estimate of drug-likeness (QED) is 0.719. The molecule has 0 saturated carbocycles. The van der Waals surface area contributed by atoms with E-state index in [1.807, 2.05) is 19.1 Å². The van der Waals surface area contributed by atoms with Crippen LogP contribution in [0.3, 0.4) is 0 Å². The van der Waals surface area contributed by atoms with Crippen molar-refractivity contribution in [3.8, 4) is 5.75 Å². The second-order valence-electron chi connectivity index (χ2n) is 7.50. The van der Waals surface area contributed by atoms with Crippen LogP contribution >= 0.6 is 0 Å². The highest BCUT2D eigenvalue weighted by Gasteiger charge is 2.35. The summed E-state index contributed by atoms with van der Waals surface area (Å²) in [5, 5.41) is 14.7. The fourth-order valence-corrected chi connectivity index (χ4v) is 3.65. The predicted octanol–water partition coefficient (Wildman–Crippen LogP) is 1.46. The maximum Gasteiger partial charge on any atom is 0.278 e. The SMILES string of the molecule is CC1C/C=C\CN2CN1n1cc(C(=O)NCc3ccc(F)cc3F)c(=O)c(O)c1C2=O. The van der Waals surface area contributed by atoms with Gasteiger partial charge in [-0.05, 0) is 19.4 Å². The minimum absolute atomic E-state index is 0.0343. The number of aromatic hydroxyl groups is 1. The Morgan fingerprint density at radius 1 is 1.26 bits per heavy atom. The third-order valence-electron chi connectivity index (χ3n) is 5.42. The molecule has 1 aromatic heterocycles. The molecule has 0 aliphatic carbocycles. The molecule has 0 saturated heterocycles. The van der Waals surface area contributed by atoms with E-state index in [4.69, 9.17) is 0 Å². The first kappa shape index (κ1) is 20.6. The summed E-state index contributed by atoms with van der Waals surface area (Å²) in [5.74, 6) is -3.78. The Labute approximate surface area is 176 Å². The van der Waals surface area contributed by atoms with Gasteiger partial charge in [0.15, 0.2) is 11.4 Å². The fraction of sp³-hybridized carbons (Fsp3) is 0.286. The molecular formula is C21H20F2N4O4. The number of aromatic nitrogens is 1. The van der Waals surface area contributed by atoms with Crippen molar-refractivity contribution in [2.75, 3.05) is 18.2 Å². The second-order valence-corrected chi connectivity index (χ2v) is 7.50. The Balaban J connectivity index is 1.69. The lowest BCUT2D eigenvalue weighted by Gasteiger charge is -2.43. The zero-order chi connectivity index (χ0) is 22.3. The van der Waals surface area contributed by atoms with E-state index in [0.29, 0.717) is 19.0 Å². The smallest absolute Gasteiger partial charge is 0.278 e. The molecule has 2 N–H and O–H groups in total. The average molecular weight is 430 g/mol. The van der Waals surface area contributed by atoms with Crippen LogP contribution in [-0.2, 0) is 6.54 Å². The van der Waals surface area contributed by atoms with Crippen molar-refractivity contribution in [1.29, 1.82) is 0 Å². The highest BCUT2D eigenvalue weighted by molar-refractivity contribution is 5.99. The number of hydrogen-bond acceptors (Lipinski definition) is 5. The van der Waals surface area contributed by atoms with Crippen LogP contribution in [0.4, 0.5) is 8.78 Å². The van der Waals surface area contributed by atoms with Crippen LogP contribution in [0.1, 0.15) is 39.8 Å². The monoisotopic (exact) mass is 430 g/mol. The molecule has 2 aliphatic rings. The van der Waals surface area contributed by atoms with Crippen molar-refractivity contribution in [3.63, 3.8) is 0 Å². The Kier molecular flexibility index (Phi) is 5.22. The third kappa shape index (κ3) is 3.65. The van der Waals surface area contributed by atoms with Gasteiger partial charge in [0.2, 0.25) is 5.43 Å². The molecule has 2 aromatic rings. The first-order valence-corrected chi connectivity index (χ1v) is 9.70. The number of carbonyl (C=O) groups excluding carboxylic acids is 2. The second kappa shape index (κ2) is 7.86. The van der Waals surface area contributed by atoms with Crippen LogP contribution in [0, 0.1) is 11.6 Å². The van der Waals surface area contributed by atoms with Gasteiger partial charge in [-0.1, -0.05) is 18.2 Å². The minimum Gasteiger partial charge on any atom is -0.502 e. The zero-order valence-corrected chi connectivity index (χ0v) is 16.6. The lowest BCUT2D eigenvalue weighted by molar-refractivity contribution is 0.0694. The molecule has 0 spiro atoms. The summed E-state index contributed by atoms with van der Waals surface area (Å²) in [6, 6.07) is 2.84. The molecule has 162 valence electrons. The molecule has 8 nitrogen and oxygen atoms in total. The summed E-state index contributed by atoms with van der Waals surface area (Å²) in [6.45, 7) is 2.19. The Bertz CT molecular complexity index is 1160. The van der Waals surface area contributed by atoms with Crippen molar-refractivity contribution in [2.45, 2.75) is 25.9 Å². The first-order chi connectivity index (χ1) is 14.8. The van der Waals surface area contributed by atoms with Crippen LogP contribution in [0.5, 0.6) is 5.75 Å². The molecule has 31 heavy (non-hydrogen) atoms. The molecule has 2 bridgehead atoms. The number of hydrogen-bond donors (Lipinski definition) is 2. The van der Waals surface area contributed by atoms with Gasteiger partial charge in [-0.25, -0.2) is 8.78 Å². The van der Waals surface area contributed by atoms with Gasteiger partial charge in [0, 0.05) is 37.0 Å². The molecule has 0 radical (unpaired) electrons. The molecule has 0 fully saturated rings. The predicted molar refractivity (Wildman–Crippen MR) is 107 cm³/mol. The van der Waals surface area contributed by atoms with Crippen molar-refractivity contribution < 1.29 is 23.5 Å². The van der Waals surface area contributed by atoms with Crippen molar-refractivity contribution in [1.82, 2.24) is 14.9 Å². The summed E-state index contributed by atoms with van der Waals surface area (Å²) in [6.07, 6.45) is 5.67. The topological polar surface area (TPSA) is 94.9 Å². The van der Waals surface area contributed by atoms with Gasteiger partial charge < -0.3 is 15.3 Å². The van der Waals surface area contributed by atoms with Crippen LogP contribution in [-0.4, -0.2) is 45.8 Å². The Morgan fingerprint density at radius 3 is 2.77 bits per heavy atom. The lowest BCUT2D eigenvalue weighted by atomic mass is 10.1. The summed E-state index contributed by atoms with van der Waals surface area (Å²) >= 11 is 0. The largest absolute Gasteiger partial charge is 0.502 e. The maximum absolute atomic E-state index is 13.8. The van der Waals surface area contributed by atoms with Gasteiger partial charge in [0.1, 0.15) is 23.9 Å². The molecule has 1 aromatic carbocycles. The number of rotatable bonds is 3. The van der Waals surface area contributed by atoms with E-state index in [1.165, 1.54) is 21.8 Å². The minimum atomic E-state index is -1.00. The number of carbonyl (C=O) groups is 2. The molecular weight excluding hydrogens is 410 g/mol. The summed E-state index contributed by atoms with van der Waals surface area (Å²) in [4.78, 5) is 39.6. The van der Waals surface area contributed by atoms with E-state index in [0.717, 1.165) is 6.07 Å². The number of fused-ring (bicyclic) bond motifs is 4. The fourth-order valence-electron chi connectivity index (χ4n) is 3.65. The van der Waals surface area contributed by atoms with Gasteiger partial charge in [-0.15, -0.1) is 0 Å². The number of pyridine rings is 1. The van der Waals surface area contributed by atoms with E-state index < -0.39 is 40.2 Å². The number of halogens is 2. The van der Waals surface area contributed by atoms with Crippen molar-refractivity contribution >= 4 is 11.8 Å². The van der Waals surface area contributed by atoms with Crippen LogP contribution in [0.15, 0.2) is 41.3 Å². The average Bonchev–Trinajstić information content (AvgIpc) is 2.72. The third-order valence-corrected chi connectivity index (χ3v) is 5.42. The molecule has 3 heterocycles. The standard InChI is InChI=1S/C21H20F2N4O4/c1-12-4-2-3-7-25-11-27(12)26-10-15(18(28)19(29)17(26)21(25)31)20(30)24-9-13-5-6-14(22)8-16(13)23/h2-3,5-6,8,10,12,29H,4,7,9,11H2,1H3,(H,24,30)/b3-2-. The Morgan fingerprint density at radius 2 is 2.03 bits per heavy atom. The highest BCUT2D eigenvalue weighted by Crippen LogP contribution is 2.24. The molecule has 4 rings (SSSR count). The van der Waals surface area contributed by atoms with Gasteiger partial charge in [-0.3, -0.25) is 24.1 Å². The van der Waals surface area contributed by atoms with E-state index in [1.54, 1.807) is 5.01 Å². The summed E-state index contributed by atoms with van der Waals surface area (Å²) in [7, 11) is 0. The zero-order valence-electron chi connectivity index (χ0n) is 16.6. The van der Waals surface area contributed by atoms with Crippen LogP contribution in [0.25, 0.3) is 0 Å². The van der Waals surface area contributed by atoms with Gasteiger partial charge in [-0.2, -0.15) is 0 Å². The number of nitrogens with one attached hydrogen (secondary N) is 1. The Hall–Kier alpha value is -3.69.